The monoisotopic (exact) mass is 258 g/mol. The van der Waals surface area contributed by atoms with Crippen molar-refractivity contribution in [3.63, 3.8) is 0 Å². The van der Waals surface area contributed by atoms with Crippen LogP contribution in [0.4, 0.5) is 0 Å². The molecule has 4 heteroatoms. The van der Waals surface area contributed by atoms with E-state index in [-0.39, 0.29) is 18.3 Å². The average molecular weight is 258 g/mol. The van der Waals surface area contributed by atoms with E-state index in [1.54, 1.807) is 36.4 Å². The first kappa shape index (κ1) is 13.0. The van der Waals surface area contributed by atoms with Crippen molar-refractivity contribution in [1.82, 2.24) is 0 Å². The molecule has 0 radical (unpaired) electrons. The highest BCUT2D eigenvalue weighted by Crippen LogP contribution is 2.26. The lowest BCUT2D eigenvalue weighted by molar-refractivity contribution is 0.0472. The third kappa shape index (κ3) is 3.25. The fraction of sp³-hybridized carbons (Fsp3) is 0.133. The van der Waals surface area contributed by atoms with Crippen molar-refractivity contribution in [2.75, 3.05) is 7.11 Å². The van der Waals surface area contributed by atoms with Crippen molar-refractivity contribution in [3.05, 3.63) is 59.7 Å². The topological polar surface area (TPSA) is 55.8 Å². The molecular weight excluding hydrogens is 244 g/mol. The highest BCUT2D eigenvalue weighted by atomic mass is 16.5. The number of esters is 1. The number of phenols is 1. The second-order valence-electron chi connectivity index (χ2n) is 3.95. The molecule has 2 aromatic rings. The standard InChI is InChI=1S/C15H14O4/c1-18-14-9-11(7-8-13(14)16)10-19-15(17)12-5-3-2-4-6-12/h2-9,16H,10H2,1H3. The Kier molecular flexibility index (Phi) is 4.03. The predicted molar refractivity (Wildman–Crippen MR) is 70.2 cm³/mol. The van der Waals surface area contributed by atoms with Crippen LogP contribution in [0.15, 0.2) is 48.5 Å². The molecule has 0 aliphatic heterocycles. The largest absolute Gasteiger partial charge is 0.504 e. The van der Waals surface area contributed by atoms with Gasteiger partial charge in [-0.15, -0.1) is 0 Å². The van der Waals surface area contributed by atoms with Crippen molar-refractivity contribution in [2.24, 2.45) is 0 Å². The number of ether oxygens (including phenoxy) is 2. The summed E-state index contributed by atoms with van der Waals surface area (Å²) in [5.41, 5.74) is 1.26. The Morgan fingerprint density at radius 3 is 2.58 bits per heavy atom. The molecule has 0 fully saturated rings. The molecule has 2 rings (SSSR count). The smallest absolute Gasteiger partial charge is 0.338 e. The molecule has 19 heavy (non-hydrogen) atoms. The van der Waals surface area contributed by atoms with Gasteiger partial charge in [-0.25, -0.2) is 4.79 Å². The van der Waals surface area contributed by atoms with Gasteiger partial charge < -0.3 is 14.6 Å². The summed E-state index contributed by atoms with van der Waals surface area (Å²) in [4.78, 5) is 11.7. The second-order valence-corrected chi connectivity index (χ2v) is 3.95. The minimum Gasteiger partial charge on any atom is -0.504 e. The summed E-state index contributed by atoms with van der Waals surface area (Å²) in [6, 6.07) is 13.6. The fourth-order valence-corrected chi connectivity index (χ4v) is 1.62. The molecule has 0 aliphatic rings. The van der Waals surface area contributed by atoms with E-state index in [2.05, 4.69) is 0 Å². The second kappa shape index (κ2) is 5.91. The van der Waals surface area contributed by atoms with E-state index in [1.165, 1.54) is 13.2 Å². The van der Waals surface area contributed by atoms with E-state index in [9.17, 15) is 9.90 Å². The van der Waals surface area contributed by atoms with Crippen LogP contribution in [-0.2, 0) is 11.3 Å². The van der Waals surface area contributed by atoms with Crippen LogP contribution < -0.4 is 4.74 Å². The normalized spacial score (nSPS) is 9.95. The molecule has 4 nitrogen and oxygen atoms in total. The zero-order valence-corrected chi connectivity index (χ0v) is 10.5. The summed E-state index contributed by atoms with van der Waals surface area (Å²) in [6.07, 6.45) is 0. The lowest BCUT2D eigenvalue weighted by Gasteiger charge is -2.07. The number of hydrogen-bond donors (Lipinski definition) is 1. The Balaban J connectivity index is 2.01. The van der Waals surface area contributed by atoms with Gasteiger partial charge in [0, 0.05) is 0 Å². The molecule has 0 heterocycles. The Morgan fingerprint density at radius 2 is 1.89 bits per heavy atom. The Morgan fingerprint density at radius 1 is 1.16 bits per heavy atom. The Labute approximate surface area is 111 Å². The van der Waals surface area contributed by atoms with Gasteiger partial charge in [0.15, 0.2) is 11.5 Å². The van der Waals surface area contributed by atoms with E-state index < -0.39 is 0 Å². The van der Waals surface area contributed by atoms with Crippen molar-refractivity contribution in [3.8, 4) is 11.5 Å². The first-order chi connectivity index (χ1) is 9.20. The van der Waals surface area contributed by atoms with Crippen LogP contribution in [0.1, 0.15) is 15.9 Å². The lowest BCUT2D eigenvalue weighted by atomic mass is 10.2. The van der Waals surface area contributed by atoms with E-state index >= 15 is 0 Å². The van der Waals surface area contributed by atoms with E-state index in [0.29, 0.717) is 11.3 Å². The van der Waals surface area contributed by atoms with Gasteiger partial charge in [0.1, 0.15) is 6.61 Å². The van der Waals surface area contributed by atoms with E-state index in [0.717, 1.165) is 5.56 Å². The molecule has 98 valence electrons. The fourth-order valence-electron chi connectivity index (χ4n) is 1.62. The van der Waals surface area contributed by atoms with Gasteiger partial charge >= 0.3 is 5.97 Å². The summed E-state index contributed by atoms with van der Waals surface area (Å²) in [6.45, 7) is 0.129. The molecule has 0 aliphatic carbocycles. The van der Waals surface area contributed by atoms with Crippen LogP contribution in [0.5, 0.6) is 11.5 Å². The van der Waals surface area contributed by atoms with Gasteiger partial charge in [-0.1, -0.05) is 24.3 Å². The molecular formula is C15H14O4. The average Bonchev–Trinajstić information content (AvgIpc) is 2.47. The summed E-state index contributed by atoms with van der Waals surface area (Å²) in [5, 5.41) is 9.46. The Hall–Kier alpha value is -2.49. The van der Waals surface area contributed by atoms with Crippen LogP contribution in [-0.4, -0.2) is 18.2 Å². The molecule has 0 saturated heterocycles. The lowest BCUT2D eigenvalue weighted by Crippen LogP contribution is -2.05. The number of rotatable bonds is 4. The highest BCUT2D eigenvalue weighted by Gasteiger charge is 2.08. The summed E-state index contributed by atoms with van der Waals surface area (Å²) in [5.74, 6) is 0.0292. The molecule has 0 bridgehead atoms. The number of phenolic OH excluding ortho intramolecular Hbond substituents is 1. The maximum Gasteiger partial charge on any atom is 0.338 e. The van der Waals surface area contributed by atoms with Crippen LogP contribution >= 0.6 is 0 Å². The van der Waals surface area contributed by atoms with Gasteiger partial charge in [0.25, 0.3) is 0 Å². The van der Waals surface area contributed by atoms with E-state index in [4.69, 9.17) is 9.47 Å². The molecule has 0 saturated carbocycles. The minimum absolute atomic E-state index is 0.0561. The van der Waals surface area contributed by atoms with Crippen molar-refractivity contribution in [1.29, 1.82) is 0 Å². The van der Waals surface area contributed by atoms with Crippen LogP contribution in [0.3, 0.4) is 0 Å². The molecule has 1 N–H and O–H groups in total. The van der Waals surface area contributed by atoms with Gasteiger partial charge in [-0.3, -0.25) is 0 Å². The van der Waals surface area contributed by atoms with Crippen molar-refractivity contribution >= 4 is 5.97 Å². The van der Waals surface area contributed by atoms with Gasteiger partial charge in [-0.2, -0.15) is 0 Å². The summed E-state index contributed by atoms with van der Waals surface area (Å²) >= 11 is 0. The zero-order chi connectivity index (χ0) is 13.7. The van der Waals surface area contributed by atoms with Crippen LogP contribution in [0, 0.1) is 0 Å². The molecule has 0 unspecified atom stereocenters. The molecule has 0 atom stereocenters. The first-order valence-electron chi connectivity index (χ1n) is 5.79. The number of methoxy groups -OCH3 is 1. The number of carbonyl (C=O) groups excluding carboxylic acids is 1. The number of hydrogen-bond acceptors (Lipinski definition) is 4. The number of benzene rings is 2. The SMILES string of the molecule is COc1cc(COC(=O)c2ccccc2)ccc1O. The third-order valence-corrected chi connectivity index (χ3v) is 2.62. The molecule has 0 spiro atoms. The maximum atomic E-state index is 11.7. The summed E-state index contributed by atoms with van der Waals surface area (Å²) < 4.78 is 10.2. The zero-order valence-electron chi connectivity index (χ0n) is 10.5. The highest BCUT2D eigenvalue weighted by molar-refractivity contribution is 5.89. The molecule has 2 aromatic carbocycles. The van der Waals surface area contributed by atoms with Crippen molar-refractivity contribution < 1.29 is 19.4 Å². The van der Waals surface area contributed by atoms with Gasteiger partial charge in [0.2, 0.25) is 0 Å². The van der Waals surface area contributed by atoms with Crippen molar-refractivity contribution in [2.45, 2.75) is 6.61 Å². The number of aromatic hydroxyl groups is 1. The van der Waals surface area contributed by atoms with Gasteiger partial charge in [-0.05, 0) is 29.8 Å². The first-order valence-corrected chi connectivity index (χ1v) is 5.79. The predicted octanol–water partition coefficient (Wildman–Crippen LogP) is 2.76. The van der Waals surface area contributed by atoms with Crippen LogP contribution in [0.25, 0.3) is 0 Å². The minimum atomic E-state index is -0.382. The molecule has 0 amide bonds. The van der Waals surface area contributed by atoms with Gasteiger partial charge in [0.05, 0.1) is 12.7 Å². The third-order valence-electron chi connectivity index (χ3n) is 2.62. The Bertz CT molecular complexity index is 564. The maximum absolute atomic E-state index is 11.7. The molecule has 0 aromatic heterocycles. The van der Waals surface area contributed by atoms with E-state index in [1.807, 2.05) is 6.07 Å². The quantitative estimate of drug-likeness (QED) is 0.857. The van der Waals surface area contributed by atoms with Crippen LogP contribution in [0.2, 0.25) is 0 Å². The number of carbonyl (C=O) groups is 1. The summed E-state index contributed by atoms with van der Waals surface area (Å²) in [7, 11) is 1.47.